The van der Waals surface area contributed by atoms with E-state index in [1.165, 1.54) is 0 Å². The summed E-state index contributed by atoms with van der Waals surface area (Å²) in [5.74, 6) is 0.919. The second-order valence-electron chi connectivity index (χ2n) is 2.73. The molecule has 1 aromatic rings. The van der Waals surface area contributed by atoms with Crippen LogP contribution < -0.4 is 10.5 Å². The van der Waals surface area contributed by atoms with Crippen LogP contribution in [0.5, 0.6) is 5.75 Å². The maximum absolute atomic E-state index is 5.40. The first-order valence-electron chi connectivity index (χ1n) is 3.80. The van der Waals surface area contributed by atoms with Crippen molar-refractivity contribution in [2.45, 2.75) is 13.0 Å². The molecular formula is C9H14NO+. The van der Waals surface area contributed by atoms with E-state index >= 15 is 0 Å². The van der Waals surface area contributed by atoms with E-state index in [1.54, 1.807) is 0 Å². The molecule has 0 fully saturated rings. The van der Waals surface area contributed by atoms with Gasteiger partial charge in [0.2, 0.25) is 0 Å². The zero-order valence-corrected chi connectivity index (χ0v) is 6.79. The van der Waals surface area contributed by atoms with Crippen LogP contribution in [0.15, 0.2) is 30.3 Å². The van der Waals surface area contributed by atoms with E-state index in [0.29, 0.717) is 12.6 Å². The molecule has 11 heavy (non-hydrogen) atoms. The molecule has 0 aliphatic carbocycles. The number of para-hydroxylation sites is 1. The number of benzene rings is 1. The fraction of sp³-hybridized carbons (Fsp3) is 0.333. The summed E-state index contributed by atoms with van der Waals surface area (Å²) in [7, 11) is 0. The molecule has 1 rings (SSSR count). The molecule has 0 heterocycles. The molecule has 2 heteroatoms. The Labute approximate surface area is 67.0 Å². The van der Waals surface area contributed by atoms with Crippen molar-refractivity contribution < 1.29 is 10.5 Å². The average molecular weight is 152 g/mol. The van der Waals surface area contributed by atoms with Gasteiger partial charge >= 0.3 is 0 Å². The molecule has 1 aromatic carbocycles. The fourth-order valence-electron chi connectivity index (χ4n) is 0.755. The SMILES string of the molecule is C[C@@H]([NH3+])COc1ccccc1. The van der Waals surface area contributed by atoms with Gasteiger partial charge in [-0.1, -0.05) is 18.2 Å². The van der Waals surface area contributed by atoms with Gasteiger partial charge in [-0.15, -0.1) is 0 Å². The van der Waals surface area contributed by atoms with Gasteiger partial charge in [-0.2, -0.15) is 0 Å². The zero-order chi connectivity index (χ0) is 8.10. The van der Waals surface area contributed by atoms with Gasteiger partial charge in [-0.05, 0) is 19.1 Å². The summed E-state index contributed by atoms with van der Waals surface area (Å²) in [5.41, 5.74) is 3.83. The molecule has 0 saturated heterocycles. The summed E-state index contributed by atoms with van der Waals surface area (Å²) < 4.78 is 5.40. The third kappa shape index (κ3) is 3.05. The largest absolute Gasteiger partial charge is 0.487 e. The van der Waals surface area contributed by atoms with Gasteiger partial charge in [0.15, 0.2) is 0 Å². The van der Waals surface area contributed by atoms with Gasteiger partial charge in [0.25, 0.3) is 0 Å². The number of hydrogen-bond donors (Lipinski definition) is 1. The topological polar surface area (TPSA) is 36.9 Å². The van der Waals surface area contributed by atoms with Crippen molar-refractivity contribution in [1.29, 1.82) is 0 Å². The predicted molar refractivity (Wildman–Crippen MR) is 44.3 cm³/mol. The molecule has 0 unspecified atom stereocenters. The lowest BCUT2D eigenvalue weighted by Gasteiger charge is -2.05. The number of quaternary nitrogens is 1. The maximum atomic E-state index is 5.40. The van der Waals surface area contributed by atoms with Crippen molar-refractivity contribution >= 4 is 0 Å². The van der Waals surface area contributed by atoms with Crippen LogP contribution in [0.2, 0.25) is 0 Å². The summed E-state index contributed by atoms with van der Waals surface area (Å²) in [6.07, 6.45) is 0. The quantitative estimate of drug-likeness (QED) is 0.680. The lowest BCUT2D eigenvalue weighted by molar-refractivity contribution is -0.417. The minimum absolute atomic E-state index is 0.343. The van der Waals surface area contributed by atoms with Gasteiger partial charge in [-0.25, -0.2) is 0 Å². The normalized spacial score (nSPS) is 12.5. The number of rotatable bonds is 3. The van der Waals surface area contributed by atoms with E-state index in [0.717, 1.165) is 5.75 Å². The minimum atomic E-state index is 0.343. The average Bonchev–Trinajstić information content (AvgIpc) is 2.03. The Bertz CT molecular complexity index is 196. The van der Waals surface area contributed by atoms with Crippen LogP contribution in [0.3, 0.4) is 0 Å². The summed E-state index contributed by atoms with van der Waals surface area (Å²) >= 11 is 0. The van der Waals surface area contributed by atoms with Crippen molar-refractivity contribution in [3.8, 4) is 5.75 Å². The maximum Gasteiger partial charge on any atom is 0.139 e. The monoisotopic (exact) mass is 152 g/mol. The van der Waals surface area contributed by atoms with Crippen molar-refractivity contribution in [3.05, 3.63) is 30.3 Å². The minimum Gasteiger partial charge on any atom is -0.487 e. The molecule has 0 aromatic heterocycles. The van der Waals surface area contributed by atoms with Crippen molar-refractivity contribution in [2.75, 3.05) is 6.61 Å². The van der Waals surface area contributed by atoms with Crippen LogP contribution in [0, 0.1) is 0 Å². The van der Waals surface area contributed by atoms with Gasteiger partial charge in [0.1, 0.15) is 18.4 Å². The molecule has 1 atom stereocenters. The Kier molecular flexibility index (Phi) is 2.93. The first-order chi connectivity index (χ1) is 5.29. The molecule has 0 radical (unpaired) electrons. The van der Waals surface area contributed by atoms with Gasteiger partial charge < -0.3 is 10.5 Å². The highest BCUT2D eigenvalue weighted by Crippen LogP contribution is 2.07. The first-order valence-corrected chi connectivity index (χ1v) is 3.80. The van der Waals surface area contributed by atoms with E-state index in [2.05, 4.69) is 5.73 Å². The fourth-order valence-corrected chi connectivity index (χ4v) is 0.755. The van der Waals surface area contributed by atoms with Crippen molar-refractivity contribution in [2.24, 2.45) is 0 Å². The smallest absolute Gasteiger partial charge is 0.139 e. The molecular weight excluding hydrogens is 138 g/mol. The van der Waals surface area contributed by atoms with E-state index in [4.69, 9.17) is 4.74 Å². The predicted octanol–water partition coefficient (Wildman–Crippen LogP) is 0.696. The van der Waals surface area contributed by atoms with Gasteiger partial charge in [0, 0.05) is 0 Å². The second kappa shape index (κ2) is 3.98. The summed E-state index contributed by atoms with van der Waals surface area (Å²) in [6, 6.07) is 10.1. The van der Waals surface area contributed by atoms with E-state index < -0.39 is 0 Å². The Morgan fingerprint density at radius 3 is 2.55 bits per heavy atom. The lowest BCUT2D eigenvalue weighted by Crippen LogP contribution is -2.61. The van der Waals surface area contributed by atoms with Crippen LogP contribution in [-0.4, -0.2) is 12.6 Å². The van der Waals surface area contributed by atoms with Crippen LogP contribution >= 0.6 is 0 Å². The van der Waals surface area contributed by atoms with Crippen molar-refractivity contribution in [1.82, 2.24) is 0 Å². The molecule has 0 aliphatic heterocycles. The first kappa shape index (κ1) is 8.08. The molecule has 60 valence electrons. The molecule has 0 spiro atoms. The number of hydrogen-bond acceptors (Lipinski definition) is 1. The van der Waals surface area contributed by atoms with E-state index in [9.17, 15) is 0 Å². The summed E-state index contributed by atoms with van der Waals surface area (Å²) in [6.45, 7) is 2.72. The Hall–Kier alpha value is -1.02. The summed E-state index contributed by atoms with van der Waals surface area (Å²) in [4.78, 5) is 0. The highest BCUT2D eigenvalue weighted by atomic mass is 16.5. The summed E-state index contributed by atoms with van der Waals surface area (Å²) in [5, 5.41) is 0. The molecule has 0 amide bonds. The van der Waals surface area contributed by atoms with Crippen LogP contribution in [0.25, 0.3) is 0 Å². The van der Waals surface area contributed by atoms with Crippen LogP contribution in [-0.2, 0) is 0 Å². The Morgan fingerprint density at radius 2 is 2.00 bits per heavy atom. The van der Waals surface area contributed by atoms with Gasteiger partial charge in [-0.3, -0.25) is 0 Å². The Morgan fingerprint density at radius 1 is 1.36 bits per heavy atom. The molecule has 0 aliphatic rings. The van der Waals surface area contributed by atoms with Crippen LogP contribution in [0.4, 0.5) is 0 Å². The third-order valence-electron chi connectivity index (χ3n) is 1.28. The Balaban J connectivity index is 2.39. The van der Waals surface area contributed by atoms with Crippen LogP contribution in [0.1, 0.15) is 6.92 Å². The van der Waals surface area contributed by atoms with Gasteiger partial charge in [0.05, 0.1) is 0 Å². The molecule has 3 N–H and O–H groups in total. The van der Waals surface area contributed by atoms with Crippen molar-refractivity contribution in [3.63, 3.8) is 0 Å². The lowest BCUT2D eigenvalue weighted by atomic mass is 10.3. The third-order valence-corrected chi connectivity index (χ3v) is 1.28. The van der Waals surface area contributed by atoms with E-state index in [1.807, 2.05) is 37.3 Å². The molecule has 2 nitrogen and oxygen atoms in total. The second-order valence-corrected chi connectivity index (χ2v) is 2.73. The number of ether oxygens (including phenoxy) is 1. The van der Waals surface area contributed by atoms with E-state index in [-0.39, 0.29) is 0 Å². The standard InChI is InChI=1S/C9H13NO/c1-8(10)7-11-9-5-3-2-4-6-9/h2-6,8H,7,10H2,1H3/p+1/t8-/m1/s1. The highest BCUT2D eigenvalue weighted by Gasteiger charge is 1.97. The highest BCUT2D eigenvalue weighted by molar-refractivity contribution is 5.20. The zero-order valence-electron chi connectivity index (χ0n) is 6.79. The molecule has 0 bridgehead atoms. The molecule has 0 saturated carbocycles.